The van der Waals surface area contributed by atoms with Gasteiger partial charge in [0.05, 0.1) is 77.0 Å². The van der Waals surface area contributed by atoms with Crippen LogP contribution in [0.25, 0.3) is 0 Å². The third-order valence-electron chi connectivity index (χ3n) is 4.52. The molecule has 0 aliphatic carbocycles. The van der Waals surface area contributed by atoms with Crippen molar-refractivity contribution in [2.45, 2.75) is 77.0 Å². The van der Waals surface area contributed by atoms with Gasteiger partial charge in [0.1, 0.15) is 0 Å². The minimum absolute atomic E-state index is 0.487. The van der Waals surface area contributed by atoms with E-state index in [-0.39, 0.29) is 0 Å². The number of hydrogen-bond donors (Lipinski definition) is 6. The fourth-order valence-corrected chi connectivity index (χ4v) is 2.30. The predicted octanol–water partition coefficient (Wildman–Crippen LogP) is -1.02. The van der Waals surface area contributed by atoms with E-state index in [4.69, 9.17) is 30.6 Å². The van der Waals surface area contributed by atoms with Crippen LogP contribution in [0.2, 0.25) is 0 Å². The molecule has 0 aliphatic heterocycles. The van der Waals surface area contributed by atoms with Gasteiger partial charge in [-0.3, -0.25) is 57.5 Å². The number of carboxylic acids is 6. The molecular weight excluding hydrogens is 720 g/mol. The van der Waals surface area contributed by atoms with E-state index >= 15 is 0 Å². The highest BCUT2D eigenvalue weighted by atomic mass is 16.6. The van der Waals surface area contributed by atoms with Gasteiger partial charge in [0.25, 0.3) is 0 Å². The molecule has 52 heavy (non-hydrogen) atoms. The molecule has 288 valence electrons. The van der Waals surface area contributed by atoms with Crippen molar-refractivity contribution >= 4 is 83.6 Å². The van der Waals surface area contributed by atoms with Gasteiger partial charge in [-0.25, -0.2) is 9.59 Å². The molecule has 0 fully saturated rings. The molecule has 0 aliphatic rings. The third kappa shape index (κ3) is 39.3. The van der Waals surface area contributed by atoms with Crippen molar-refractivity contribution in [3.63, 3.8) is 0 Å². The molecule has 0 unspecified atom stereocenters. The fourth-order valence-electron chi connectivity index (χ4n) is 2.30. The van der Waals surface area contributed by atoms with E-state index in [1.807, 2.05) is 0 Å². The van der Waals surface area contributed by atoms with Crippen LogP contribution in [-0.4, -0.2) is 114 Å². The average molecular weight is 753 g/mol. The number of aliphatic carboxylic acids is 6. The van der Waals surface area contributed by atoms with E-state index in [1.54, 1.807) is 0 Å². The molecule has 0 saturated heterocycles. The zero-order valence-electron chi connectivity index (χ0n) is 26.7. The SMILES string of the molecule is O=C(O)/C=C/C(=O)O.O=C(O)CCC(=O)OC(=O)CCC(=O)OC(=O)CCC(=O)O.O=C(O)CCC(=O)OC(=O)CCC(=O)OC(=O)CCC(=O)O. The quantitative estimate of drug-likeness (QED) is 0.0375. The molecule has 0 spiro atoms. The zero-order chi connectivity index (χ0) is 40.8. The molecule has 24 nitrogen and oxygen atoms in total. The highest BCUT2D eigenvalue weighted by molar-refractivity contribution is 5.92. The number of hydrogen-bond acceptors (Lipinski definition) is 18. The topological polar surface area (TPSA) is 397 Å². The lowest BCUT2D eigenvalue weighted by Crippen LogP contribution is -2.17. The molecule has 0 aromatic carbocycles. The van der Waals surface area contributed by atoms with Crippen molar-refractivity contribution in [3.05, 3.63) is 12.2 Å². The van der Waals surface area contributed by atoms with Gasteiger partial charge >= 0.3 is 83.6 Å². The molecular formula is C28H32O24. The minimum Gasteiger partial charge on any atom is -0.481 e. The number of ether oxygens (including phenoxy) is 4. The Hall–Kier alpha value is -6.88. The van der Waals surface area contributed by atoms with Gasteiger partial charge in [-0.1, -0.05) is 0 Å². The lowest BCUT2D eigenvalue weighted by molar-refractivity contribution is -0.165. The Bertz CT molecular complexity index is 1210. The summed E-state index contributed by atoms with van der Waals surface area (Å²) >= 11 is 0. The molecule has 0 bridgehead atoms. The monoisotopic (exact) mass is 752 g/mol. The summed E-state index contributed by atoms with van der Waals surface area (Å²) in [6, 6.07) is 0. The highest BCUT2D eigenvalue weighted by Crippen LogP contribution is 2.03. The third-order valence-corrected chi connectivity index (χ3v) is 4.52. The van der Waals surface area contributed by atoms with Crippen LogP contribution in [0.15, 0.2) is 12.2 Å². The van der Waals surface area contributed by atoms with Crippen molar-refractivity contribution in [1.29, 1.82) is 0 Å². The van der Waals surface area contributed by atoms with E-state index in [1.165, 1.54) is 0 Å². The number of carbonyl (C=O) groups is 14. The molecule has 0 radical (unpaired) electrons. The van der Waals surface area contributed by atoms with Crippen LogP contribution in [0.4, 0.5) is 0 Å². The number of rotatable bonds is 20. The molecule has 0 amide bonds. The van der Waals surface area contributed by atoms with Crippen LogP contribution in [0.1, 0.15) is 77.0 Å². The van der Waals surface area contributed by atoms with Gasteiger partial charge in [0.15, 0.2) is 0 Å². The second-order valence-electron chi connectivity index (χ2n) is 8.97. The lowest BCUT2D eigenvalue weighted by Gasteiger charge is -2.03. The van der Waals surface area contributed by atoms with Gasteiger partial charge in [-0.05, 0) is 0 Å². The van der Waals surface area contributed by atoms with E-state index in [9.17, 15) is 67.1 Å². The Kier molecular flexibility index (Phi) is 27.7. The smallest absolute Gasteiger partial charge is 0.328 e. The normalized spacial score (nSPS) is 9.62. The van der Waals surface area contributed by atoms with E-state index in [0.717, 1.165) is 0 Å². The van der Waals surface area contributed by atoms with E-state index in [2.05, 4.69) is 18.9 Å². The van der Waals surface area contributed by atoms with Crippen molar-refractivity contribution < 1.29 is 117 Å². The Morgan fingerprint density at radius 3 is 0.519 bits per heavy atom. The first-order valence-electron chi connectivity index (χ1n) is 14.0. The first-order chi connectivity index (χ1) is 24.0. The van der Waals surface area contributed by atoms with E-state index in [0.29, 0.717) is 12.2 Å². The largest absolute Gasteiger partial charge is 0.481 e. The Labute approximate surface area is 289 Å². The summed E-state index contributed by atoms with van der Waals surface area (Å²) in [5, 5.41) is 48.9. The Morgan fingerprint density at radius 2 is 0.404 bits per heavy atom. The summed E-state index contributed by atoms with van der Waals surface area (Å²) in [6.45, 7) is 0. The summed E-state index contributed by atoms with van der Waals surface area (Å²) in [5.74, 6) is -15.9. The fraction of sp³-hybridized carbons (Fsp3) is 0.429. The van der Waals surface area contributed by atoms with Gasteiger partial charge < -0.3 is 49.6 Å². The maximum Gasteiger partial charge on any atom is 0.328 e. The van der Waals surface area contributed by atoms with Crippen LogP contribution in [0, 0.1) is 0 Å². The summed E-state index contributed by atoms with van der Waals surface area (Å²) in [5.41, 5.74) is 0. The molecule has 0 rings (SSSR count). The predicted molar refractivity (Wildman–Crippen MR) is 155 cm³/mol. The summed E-state index contributed by atoms with van der Waals surface area (Å²) in [7, 11) is 0. The van der Waals surface area contributed by atoms with Crippen LogP contribution in [0.5, 0.6) is 0 Å². The first kappa shape index (κ1) is 49.5. The van der Waals surface area contributed by atoms with Crippen molar-refractivity contribution in [3.8, 4) is 0 Å². The Morgan fingerprint density at radius 1 is 0.269 bits per heavy atom. The maximum atomic E-state index is 11.1. The second-order valence-corrected chi connectivity index (χ2v) is 8.97. The molecule has 0 aromatic rings. The summed E-state index contributed by atoms with van der Waals surface area (Å²) in [4.78, 5) is 148. The molecule has 0 heterocycles. The summed E-state index contributed by atoms with van der Waals surface area (Å²) < 4.78 is 16.9. The van der Waals surface area contributed by atoms with Gasteiger partial charge in [0.2, 0.25) is 0 Å². The van der Waals surface area contributed by atoms with Gasteiger partial charge in [0, 0.05) is 12.2 Å². The minimum atomic E-state index is -1.26. The standard InChI is InChI=1S/2C12H14O10.C4H4O4/c2*13-7(14)1-3-9(17)21-11(19)5-6-12(20)22-10(18)4-2-8(15)16;5-3(6)1-2-4(7)8/h2*1-6H2,(H,13,14)(H,15,16);1-2H,(H,5,6)(H,7,8)/b;;2-1+. The van der Waals surface area contributed by atoms with Gasteiger partial charge in [-0.2, -0.15) is 0 Å². The van der Waals surface area contributed by atoms with Crippen molar-refractivity contribution in [2.24, 2.45) is 0 Å². The van der Waals surface area contributed by atoms with Crippen molar-refractivity contribution in [1.82, 2.24) is 0 Å². The van der Waals surface area contributed by atoms with Gasteiger partial charge in [-0.15, -0.1) is 0 Å². The van der Waals surface area contributed by atoms with E-state index < -0.39 is 161 Å². The zero-order valence-corrected chi connectivity index (χ0v) is 26.7. The summed E-state index contributed by atoms with van der Waals surface area (Å²) in [6.07, 6.45) is -4.96. The van der Waals surface area contributed by atoms with Crippen LogP contribution >= 0.6 is 0 Å². The average Bonchev–Trinajstić information content (AvgIpc) is 3.02. The molecule has 24 heteroatoms. The lowest BCUT2D eigenvalue weighted by atomic mass is 10.3. The van der Waals surface area contributed by atoms with Crippen LogP contribution in [0.3, 0.4) is 0 Å². The Balaban J connectivity index is -0.000000764. The second kappa shape index (κ2) is 29.1. The first-order valence-corrected chi connectivity index (χ1v) is 14.0. The van der Waals surface area contributed by atoms with Crippen LogP contribution < -0.4 is 0 Å². The maximum absolute atomic E-state index is 11.1. The number of carboxylic acid groups (broad SMARTS) is 6. The van der Waals surface area contributed by atoms with Crippen molar-refractivity contribution in [2.75, 3.05) is 0 Å². The molecule has 0 atom stereocenters. The number of carbonyl (C=O) groups excluding carboxylic acids is 8. The molecule has 6 N–H and O–H groups in total. The molecule has 0 aromatic heterocycles. The molecule has 0 saturated carbocycles. The highest BCUT2D eigenvalue weighted by Gasteiger charge is 2.18. The number of esters is 8. The van der Waals surface area contributed by atoms with Crippen LogP contribution in [-0.2, 0) is 86.1 Å².